The van der Waals surface area contributed by atoms with Gasteiger partial charge in [-0.15, -0.1) is 0 Å². The first-order valence-corrected chi connectivity index (χ1v) is 7.64. The van der Waals surface area contributed by atoms with Crippen LogP contribution in [-0.2, 0) is 11.3 Å². The number of hydrogen-bond donors (Lipinski definition) is 5. The molecule has 5 atom stereocenters. The second-order valence-corrected chi connectivity index (χ2v) is 6.08. The third kappa shape index (κ3) is 4.10. The molecule has 1 aromatic rings. The minimum atomic E-state index is -1.36. The summed E-state index contributed by atoms with van der Waals surface area (Å²) < 4.78 is 5.39. The van der Waals surface area contributed by atoms with Crippen LogP contribution in [0.4, 0.5) is 0 Å². The van der Waals surface area contributed by atoms with E-state index in [0.717, 1.165) is 5.56 Å². The lowest BCUT2D eigenvalue weighted by molar-refractivity contribution is -0.227. The Balaban J connectivity index is 1.90. The SMILES string of the molecule is OC[C@H]1OC(CNCc2ccc(Cl)cc2Cl)[C@H](O)[C@@H](O)[C@@H]1O. The van der Waals surface area contributed by atoms with E-state index in [0.29, 0.717) is 16.6 Å². The van der Waals surface area contributed by atoms with E-state index >= 15 is 0 Å². The zero-order valence-electron chi connectivity index (χ0n) is 11.7. The van der Waals surface area contributed by atoms with Crippen molar-refractivity contribution in [1.82, 2.24) is 5.32 Å². The molecule has 0 bridgehead atoms. The van der Waals surface area contributed by atoms with Gasteiger partial charge in [-0.25, -0.2) is 0 Å². The highest BCUT2D eigenvalue weighted by molar-refractivity contribution is 6.35. The molecule has 1 heterocycles. The number of nitrogens with one attached hydrogen (secondary N) is 1. The Morgan fingerprint density at radius 1 is 1.05 bits per heavy atom. The highest BCUT2D eigenvalue weighted by Gasteiger charge is 2.42. The number of hydrogen-bond acceptors (Lipinski definition) is 6. The van der Waals surface area contributed by atoms with Crippen molar-refractivity contribution in [2.24, 2.45) is 0 Å². The molecule has 6 nitrogen and oxygen atoms in total. The standard InChI is InChI=1S/C14H19Cl2NO5/c15-8-2-1-7(9(16)3-8)4-17-5-10-12(19)14(21)13(20)11(6-18)22-10/h1-3,10-14,17-21H,4-6H2/t10?,11-,12+,13-,14-/m1/s1. The van der Waals surface area contributed by atoms with Crippen LogP contribution in [-0.4, -0.2) is 64.1 Å². The summed E-state index contributed by atoms with van der Waals surface area (Å²) in [5.41, 5.74) is 0.829. The van der Waals surface area contributed by atoms with Crippen LogP contribution < -0.4 is 5.32 Å². The molecule has 0 radical (unpaired) electrons. The molecule has 22 heavy (non-hydrogen) atoms. The predicted molar refractivity (Wildman–Crippen MR) is 81.9 cm³/mol. The van der Waals surface area contributed by atoms with Crippen molar-refractivity contribution in [1.29, 1.82) is 0 Å². The largest absolute Gasteiger partial charge is 0.394 e. The monoisotopic (exact) mass is 351 g/mol. The molecule has 2 rings (SSSR count). The Morgan fingerprint density at radius 3 is 2.36 bits per heavy atom. The Kier molecular flexibility index (Phi) is 6.43. The first-order chi connectivity index (χ1) is 10.4. The molecule has 1 fully saturated rings. The van der Waals surface area contributed by atoms with E-state index in [1.54, 1.807) is 18.2 Å². The van der Waals surface area contributed by atoms with Gasteiger partial charge < -0.3 is 30.5 Å². The number of rotatable bonds is 5. The van der Waals surface area contributed by atoms with Gasteiger partial charge in [-0.05, 0) is 17.7 Å². The van der Waals surface area contributed by atoms with Gasteiger partial charge in [0, 0.05) is 23.1 Å². The van der Waals surface area contributed by atoms with Gasteiger partial charge in [0.25, 0.3) is 0 Å². The Labute approximate surface area is 138 Å². The van der Waals surface area contributed by atoms with Gasteiger partial charge in [0.1, 0.15) is 24.4 Å². The van der Waals surface area contributed by atoms with E-state index in [4.69, 9.17) is 33.0 Å². The second-order valence-electron chi connectivity index (χ2n) is 5.23. The van der Waals surface area contributed by atoms with Crippen LogP contribution in [0.25, 0.3) is 0 Å². The summed E-state index contributed by atoms with van der Waals surface area (Å²) in [7, 11) is 0. The number of benzene rings is 1. The fourth-order valence-corrected chi connectivity index (χ4v) is 2.84. The number of halogens is 2. The highest BCUT2D eigenvalue weighted by Crippen LogP contribution is 2.22. The molecule has 0 spiro atoms. The van der Waals surface area contributed by atoms with E-state index in [-0.39, 0.29) is 6.54 Å². The molecule has 1 aromatic carbocycles. The Bertz CT molecular complexity index is 502. The van der Waals surface area contributed by atoms with Gasteiger partial charge >= 0.3 is 0 Å². The van der Waals surface area contributed by atoms with Crippen LogP contribution in [0.1, 0.15) is 5.56 Å². The molecule has 0 amide bonds. The minimum absolute atomic E-state index is 0.223. The highest BCUT2D eigenvalue weighted by atomic mass is 35.5. The lowest BCUT2D eigenvalue weighted by Gasteiger charge is -2.40. The quantitative estimate of drug-likeness (QED) is 0.508. The minimum Gasteiger partial charge on any atom is -0.394 e. The molecule has 124 valence electrons. The molecule has 5 N–H and O–H groups in total. The first kappa shape index (κ1) is 17.9. The van der Waals surface area contributed by atoms with Crippen LogP contribution in [0.2, 0.25) is 10.0 Å². The molecule has 0 aromatic heterocycles. The van der Waals surface area contributed by atoms with Gasteiger partial charge in [-0.1, -0.05) is 29.3 Å². The van der Waals surface area contributed by atoms with Crippen LogP contribution >= 0.6 is 23.2 Å². The second kappa shape index (κ2) is 7.90. The normalized spacial score (nSPS) is 32.2. The zero-order chi connectivity index (χ0) is 16.3. The van der Waals surface area contributed by atoms with E-state index in [1.807, 2.05) is 0 Å². The summed E-state index contributed by atoms with van der Waals surface area (Å²) in [6, 6.07) is 5.14. The predicted octanol–water partition coefficient (Wildman–Crippen LogP) is -0.0746. The van der Waals surface area contributed by atoms with Crippen molar-refractivity contribution < 1.29 is 25.2 Å². The average molecular weight is 352 g/mol. The molecular formula is C14H19Cl2NO5. The van der Waals surface area contributed by atoms with Crippen LogP contribution in [0.5, 0.6) is 0 Å². The molecule has 1 unspecified atom stereocenters. The van der Waals surface area contributed by atoms with Crippen molar-refractivity contribution in [3.8, 4) is 0 Å². The summed E-state index contributed by atoms with van der Waals surface area (Å²) in [4.78, 5) is 0. The van der Waals surface area contributed by atoms with Crippen LogP contribution in [0.15, 0.2) is 18.2 Å². The number of aliphatic hydroxyl groups excluding tert-OH is 4. The van der Waals surface area contributed by atoms with E-state index in [2.05, 4.69) is 5.32 Å². The summed E-state index contributed by atoms with van der Waals surface area (Å²) in [6.07, 6.45) is -5.60. The lowest BCUT2D eigenvalue weighted by atomic mass is 9.95. The summed E-state index contributed by atoms with van der Waals surface area (Å²) in [6.45, 7) is 0.204. The van der Waals surface area contributed by atoms with Crippen LogP contribution in [0.3, 0.4) is 0 Å². The third-order valence-electron chi connectivity index (χ3n) is 3.67. The molecular weight excluding hydrogens is 333 g/mol. The van der Waals surface area contributed by atoms with E-state index < -0.39 is 37.1 Å². The van der Waals surface area contributed by atoms with Gasteiger partial charge in [0.05, 0.1) is 12.7 Å². The van der Waals surface area contributed by atoms with Gasteiger partial charge in [-0.2, -0.15) is 0 Å². The molecule has 8 heteroatoms. The number of aliphatic hydroxyl groups is 4. The maximum Gasteiger partial charge on any atom is 0.111 e. The lowest BCUT2D eigenvalue weighted by Crippen LogP contribution is -2.60. The number of ether oxygens (including phenoxy) is 1. The van der Waals surface area contributed by atoms with Crippen molar-refractivity contribution in [3.05, 3.63) is 33.8 Å². The average Bonchev–Trinajstić information content (AvgIpc) is 2.49. The molecule has 0 saturated carbocycles. The molecule has 1 aliphatic rings. The first-order valence-electron chi connectivity index (χ1n) is 6.89. The molecule has 1 saturated heterocycles. The van der Waals surface area contributed by atoms with Crippen molar-refractivity contribution >= 4 is 23.2 Å². The summed E-state index contributed by atoms with van der Waals surface area (Å²) in [5.74, 6) is 0. The van der Waals surface area contributed by atoms with E-state index in [9.17, 15) is 15.3 Å². The van der Waals surface area contributed by atoms with Crippen molar-refractivity contribution in [2.45, 2.75) is 37.1 Å². The van der Waals surface area contributed by atoms with Crippen molar-refractivity contribution in [2.75, 3.05) is 13.2 Å². The summed E-state index contributed by atoms with van der Waals surface area (Å²) >= 11 is 11.9. The zero-order valence-corrected chi connectivity index (χ0v) is 13.2. The molecule has 0 aliphatic carbocycles. The Hall–Kier alpha value is -0.440. The van der Waals surface area contributed by atoms with Crippen molar-refractivity contribution in [3.63, 3.8) is 0 Å². The maximum absolute atomic E-state index is 9.91. The summed E-state index contributed by atoms with van der Waals surface area (Å²) in [5, 5.41) is 42.6. The molecule has 1 aliphatic heterocycles. The van der Waals surface area contributed by atoms with Gasteiger partial charge in [0.2, 0.25) is 0 Å². The van der Waals surface area contributed by atoms with Gasteiger partial charge in [-0.3, -0.25) is 0 Å². The topological polar surface area (TPSA) is 102 Å². The van der Waals surface area contributed by atoms with E-state index in [1.165, 1.54) is 0 Å². The smallest absolute Gasteiger partial charge is 0.111 e. The fourth-order valence-electron chi connectivity index (χ4n) is 2.36. The van der Waals surface area contributed by atoms with Crippen LogP contribution in [0, 0.1) is 0 Å². The van der Waals surface area contributed by atoms with Gasteiger partial charge in [0.15, 0.2) is 0 Å². The maximum atomic E-state index is 9.91. The fraction of sp³-hybridized carbons (Fsp3) is 0.571. The Morgan fingerprint density at radius 2 is 1.73 bits per heavy atom. The third-order valence-corrected chi connectivity index (χ3v) is 4.25.